The summed E-state index contributed by atoms with van der Waals surface area (Å²) in [7, 11) is 0. The van der Waals surface area contributed by atoms with Gasteiger partial charge in [-0.3, -0.25) is 4.79 Å². The number of benzene rings is 3. The fourth-order valence-corrected chi connectivity index (χ4v) is 3.94. The Balaban J connectivity index is 0.000000334. The minimum Gasteiger partial charge on any atom is -0.512 e. The van der Waals surface area contributed by atoms with Crippen LogP contribution in [0.15, 0.2) is 90.8 Å². The topological polar surface area (TPSA) is 59.4 Å². The predicted molar refractivity (Wildman–Crippen MR) is 170 cm³/mol. The number of hydrogen-bond acceptors (Lipinski definition) is 4. The van der Waals surface area contributed by atoms with Gasteiger partial charge in [0, 0.05) is 59.9 Å². The summed E-state index contributed by atoms with van der Waals surface area (Å²) < 4.78 is 6.02. The van der Waals surface area contributed by atoms with Crippen LogP contribution in [0.3, 0.4) is 0 Å². The molecule has 0 fully saturated rings. The van der Waals surface area contributed by atoms with E-state index in [-0.39, 0.29) is 42.5 Å². The fraction of sp³-hybridized carbons (Fsp3) is 0.351. The molecule has 1 aromatic heterocycles. The van der Waals surface area contributed by atoms with Gasteiger partial charge in [0.1, 0.15) is 5.76 Å². The summed E-state index contributed by atoms with van der Waals surface area (Å²) in [4.78, 5) is 16.4. The summed E-state index contributed by atoms with van der Waals surface area (Å²) >= 11 is 0. The molecule has 0 atom stereocenters. The van der Waals surface area contributed by atoms with Crippen LogP contribution in [-0.4, -0.2) is 15.9 Å². The minimum absolute atomic E-state index is 0. The number of ether oxygens (including phenoxy) is 1. The van der Waals surface area contributed by atoms with Gasteiger partial charge in [0.05, 0.1) is 0 Å². The van der Waals surface area contributed by atoms with Gasteiger partial charge >= 0.3 is 0 Å². The normalized spacial score (nSPS) is 11.9. The third-order valence-corrected chi connectivity index (χ3v) is 7.91. The zero-order valence-electron chi connectivity index (χ0n) is 26.1. The number of carbonyl (C=O) groups excluding carboxylic acids is 1. The molecule has 1 radical (unpaired) electrons. The second-order valence-electron chi connectivity index (χ2n) is 12.0. The van der Waals surface area contributed by atoms with Crippen molar-refractivity contribution in [1.29, 1.82) is 0 Å². The molecule has 5 heteroatoms. The predicted octanol–water partition coefficient (Wildman–Crippen LogP) is 10.5. The number of allylic oxidation sites excluding steroid dienone is 2. The first-order chi connectivity index (χ1) is 19.4. The van der Waals surface area contributed by atoms with Gasteiger partial charge in [-0.2, -0.15) is 18.2 Å². The molecule has 3 aromatic carbocycles. The Bertz CT molecular complexity index is 1480. The van der Waals surface area contributed by atoms with Crippen LogP contribution in [0.25, 0.3) is 21.9 Å². The van der Waals surface area contributed by atoms with Crippen molar-refractivity contribution in [3.63, 3.8) is 0 Å². The molecule has 1 N–H and O–H groups in total. The summed E-state index contributed by atoms with van der Waals surface area (Å²) in [5, 5.41) is 12.0. The van der Waals surface area contributed by atoms with Crippen molar-refractivity contribution in [1.82, 2.24) is 4.98 Å². The number of carbonyl (C=O) groups is 1. The van der Waals surface area contributed by atoms with Gasteiger partial charge < -0.3 is 9.84 Å². The quantitative estimate of drug-likeness (QED) is 0.105. The molecule has 0 aliphatic rings. The molecule has 42 heavy (non-hydrogen) atoms. The van der Waals surface area contributed by atoms with Gasteiger partial charge in [-0.25, -0.2) is 4.98 Å². The molecule has 0 saturated carbocycles. The number of ketones is 1. The van der Waals surface area contributed by atoms with Crippen LogP contribution in [0.4, 0.5) is 0 Å². The average Bonchev–Trinajstić information content (AvgIpc) is 2.98. The van der Waals surface area contributed by atoms with E-state index in [0.717, 1.165) is 34.7 Å². The largest absolute Gasteiger partial charge is 0.512 e. The second kappa shape index (κ2) is 15.3. The van der Waals surface area contributed by atoms with Crippen LogP contribution in [-0.2, 0) is 24.9 Å². The van der Waals surface area contributed by atoms with Gasteiger partial charge in [0.25, 0.3) is 0 Å². The summed E-state index contributed by atoms with van der Waals surface area (Å²) in [5.41, 5.74) is 2.89. The van der Waals surface area contributed by atoms with Gasteiger partial charge in [-0.15, -0.1) is 12.1 Å². The summed E-state index contributed by atoms with van der Waals surface area (Å²) in [6, 6.07) is 27.6. The molecule has 0 saturated heterocycles. The van der Waals surface area contributed by atoms with Crippen LogP contribution in [0.1, 0.15) is 79.7 Å². The van der Waals surface area contributed by atoms with E-state index in [0.29, 0.717) is 17.5 Å². The molecule has 4 aromatic rings. The van der Waals surface area contributed by atoms with E-state index < -0.39 is 0 Å². The number of hydrogen-bond donors (Lipinski definition) is 1. The second-order valence-corrected chi connectivity index (χ2v) is 12.0. The SMILES string of the molecule is CC(C)c1ccc2c(Oc3[c-]cccc3)ncc(-c3ccccc3)c2c1.CCC(C)(C)C(=O)/C=C(\O)C(C)(C)CC.[Ir]. The minimum atomic E-state index is -0.377. The molecule has 0 bridgehead atoms. The Kier molecular flexibility index (Phi) is 12.7. The van der Waals surface area contributed by atoms with Crippen molar-refractivity contribution in [2.24, 2.45) is 10.8 Å². The number of nitrogens with zero attached hydrogens (tertiary/aromatic N) is 1. The van der Waals surface area contributed by atoms with E-state index in [4.69, 9.17) is 4.74 Å². The third-order valence-electron chi connectivity index (χ3n) is 7.91. The first kappa shape index (κ1) is 34.9. The first-order valence-electron chi connectivity index (χ1n) is 14.5. The molecule has 4 rings (SSSR count). The molecular weight excluding hydrogens is 699 g/mol. The van der Waals surface area contributed by atoms with Crippen molar-refractivity contribution < 1.29 is 34.7 Å². The maximum absolute atomic E-state index is 11.8. The number of aliphatic hydroxyl groups excluding tert-OH is 1. The number of pyridine rings is 1. The van der Waals surface area contributed by atoms with Crippen molar-refractivity contribution in [2.45, 2.75) is 74.1 Å². The maximum Gasteiger partial charge on any atom is 0.224 e. The number of aromatic nitrogens is 1. The molecule has 1 heterocycles. The fourth-order valence-electron chi connectivity index (χ4n) is 3.94. The van der Waals surface area contributed by atoms with E-state index >= 15 is 0 Å². The molecule has 0 amide bonds. The smallest absolute Gasteiger partial charge is 0.224 e. The van der Waals surface area contributed by atoms with Crippen molar-refractivity contribution in [3.8, 4) is 22.8 Å². The Morgan fingerprint density at radius 2 is 1.57 bits per heavy atom. The molecule has 4 nitrogen and oxygen atoms in total. The average molecular weight is 743 g/mol. The van der Waals surface area contributed by atoms with E-state index in [2.05, 4.69) is 67.4 Å². The van der Waals surface area contributed by atoms with Crippen LogP contribution < -0.4 is 4.74 Å². The third kappa shape index (κ3) is 8.86. The number of aliphatic hydroxyl groups is 1. The first-order valence-corrected chi connectivity index (χ1v) is 14.5. The van der Waals surface area contributed by atoms with Crippen LogP contribution in [0.5, 0.6) is 11.6 Å². The van der Waals surface area contributed by atoms with Crippen LogP contribution in [0, 0.1) is 16.9 Å². The Morgan fingerprint density at radius 3 is 2.14 bits per heavy atom. The monoisotopic (exact) mass is 743 g/mol. The number of para-hydroxylation sites is 1. The number of rotatable bonds is 9. The molecule has 0 aliphatic carbocycles. The van der Waals surface area contributed by atoms with Crippen molar-refractivity contribution in [3.05, 3.63) is 102 Å². The number of fused-ring (bicyclic) bond motifs is 1. The standard InChI is InChI=1S/C24H20NO.C13H24O2.Ir/c1-17(2)19-13-14-21-22(15-19)23(18-9-5-3-6-10-18)16-25-24(21)26-20-11-7-4-8-12-20;1-7-12(3,4)10(14)9-11(15)13(5,6)8-2;/h3-11,13-17H,1-2H3;9,14H,7-8H2,1-6H3;/q-1;;/b;10-9-;. The zero-order valence-corrected chi connectivity index (χ0v) is 28.5. The molecule has 0 spiro atoms. The molecule has 0 aliphatic heterocycles. The molecule has 0 unspecified atom stereocenters. The van der Waals surface area contributed by atoms with Gasteiger partial charge in [-0.05, 0) is 41.3 Å². The Morgan fingerprint density at radius 1 is 0.929 bits per heavy atom. The zero-order chi connectivity index (χ0) is 30.2. The Hall–Kier alpha value is -3.27. The van der Waals surface area contributed by atoms with Crippen LogP contribution >= 0.6 is 0 Å². The van der Waals surface area contributed by atoms with Gasteiger partial charge in [0.15, 0.2) is 5.78 Å². The van der Waals surface area contributed by atoms with Gasteiger partial charge in [-0.1, -0.05) is 97.9 Å². The van der Waals surface area contributed by atoms with E-state index in [9.17, 15) is 9.90 Å². The molecular formula is C37H44IrNO3-. The summed E-state index contributed by atoms with van der Waals surface area (Å²) in [5.74, 6) is 1.93. The van der Waals surface area contributed by atoms with E-state index in [1.165, 1.54) is 11.6 Å². The van der Waals surface area contributed by atoms with Gasteiger partial charge in [0.2, 0.25) is 5.88 Å². The van der Waals surface area contributed by atoms with Crippen molar-refractivity contribution >= 4 is 16.6 Å². The summed E-state index contributed by atoms with van der Waals surface area (Å²) in [6.07, 6.45) is 4.89. The maximum atomic E-state index is 11.8. The van der Waals surface area contributed by atoms with E-state index in [1.54, 1.807) is 0 Å². The van der Waals surface area contributed by atoms with Crippen molar-refractivity contribution in [2.75, 3.05) is 0 Å². The van der Waals surface area contributed by atoms with Crippen LogP contribution in [0.2, 0.25) is 0 Å². The van der Waals surface area contributed by atoms with E-state index in [1.807, 2.05) is 78.1 Å². The molecule has 225 valence electrons. The Labute approximate surface area is 265 Å². The summed E-state index contributed by atoms with van der Waals surface area (Å²) in [6.45, 7) is 16.1.